The molecule has 0 bridgehead atoms. The zero-order valence-corrected chi connectivity index (χ0v) is 19.5. The van der Waals surface area contributed by atoms with Crippen molar-refractivity contribution in [3.05, 3.63) is 46.8 Å². The lowest BCUT2D eigenvalue weighted by molar-refractivity contribution is -0.114. The minimum atomic E-state index is -0.465. The van der Waals surface area contributed by atoms with Gasteiger partial charge in [0.15, 0.2) is 5.84 Å². The highest BCUT2D eigenvalue weighted by Gasteiger charge is 2.35. The van der Waals surface area contributed by atoms with Crippen LogP contribution in [0.4, 0.5) is 0 Å². The number of hydrogen-bond donors (Lipinski definition) is 1. The van der Waals surface area contributed by atoms with Crippen molar-refractivity contribution in [2.45, 2.75) is 26.2 Å². The molecule has 8 nitrogen and oxygen atoms in total. The molecule has 1 aromatic heterocycles. The van der Waals surface area contributed by atoms with E-state index in [1.165, 1.54) is 23.9 Å². The molecule has 10 heteroatoms. The number of carbonyl (C=O) groups is 1. The Balaban J connectivity index is 1.71. The number of thioether (sulfide) groups is 1. The first-order chi connectivity index (χ1) is 15.5. The lowest BCUT2D eigenvalue weighted by Crippen LogP contribution is -2.35. The molecule has 0 radical (unpaired) electrons. The van der Waals surface area contributed by atoms with Gasteiger partial charge in [-0.1, -0.05) is 24.9 Å². The maximum atomic E-state index is 12.7. The van der Waals surface area contributed by atoms with Crippen LogP contribution in [-0.2, 0) is 4.79 Å². The molecule has 0 atom stereocenters. The second-order valence-corrected chi connectivity index (χ2v) is 8.53. The molecule has 166 valence electrons. The quantitative estimate of drug-likeness (QED) is 0.576. The molecular formula is C22H22ClN5O3S. The molecule has 0 saturated heterocycles. The van der Waals surface area contributed by atoms with E-state index in [0.717, 1.165) is 24.3 Å². The number of halogens is 1. The molecule has 1 aromatic carbocycles. The smallest absolute Gasteiger partial charge is 0.283 e. The van der Waals surface area contributed by atoms with Gasteiger partial charge in [0.05, 0.1) is 30.5 Å². The molecule has 4 rings (SSSR count). The van der Waals surface area contributed by atoms with Gasteiger partial charge in [-0.2, -0.15) is 15.1 Å². The number of benzene rings is 1. The van der Waals surface area contributed by atoms with Crippen LogP contribution in [0.15, 0.2) is 46.1 Å². The van der Waals surface area contributed by atoms with Crippen LogP contribution in [0.2, 0.25) is 5.02 Å². The molecule has 1 amide bonds. The van der Waals surface area contributed by atoms with E-state index in [-0.39, 0.29) is 11.4 Å². The summed E-state index contributed by atoms with van der Waals surface area (Å²) >= 11 is 7.69. The topological polar surface area (TPSA) is 92.3 Å². The molecule has 2 aromatic rings. The summed E-state index contributed by atoms with van der Waals surface area (Å²) in [5.74, 6) is 0.585. The fourth-order valence-electron chi connectivity index (χ4n) is 3.37. The molecule has 0 aliphatic carbocycles. The second kappa shape index (κ2) is 9.22. The Labute approximate surface area is 195 Å². The number of amidine groups is 2. The van der Waals surface area contributed by atoms with Gasteiger partial charge in [0.2, 0.25) is 5.17 Å². The Hall–Kier alpha value is -3.04. The standard InChI is InChI=1S/C22H22ClN5O3S/c1-4-5-8-19-26-28-20(24)14(21(29)25-22(28)32-19)10-13-7-6-9-27(13)16-11-15(23)17(30-2)12-18(16)31-3/h6-7,9-12,24H,4-5,8H2,1-3H3/b14-10-,24-20?. The zero-order chi connectivity index (χ0) is 22.8. The number of aromatic nitrogens is 1. The summed E-state index contributed by atoms with van der Waals surface area (Å²) in [7, 11) is 3.09. The molecule has 0 unspecified atom stereocenters. The number of nitrogens with one attached hydrogen (secondary N) is 1. The molecule has 3 heterocycles. The van der Waals surface area contributed by atoms with Gasteiger partial charge < -0.3 is 14.0 Å². The van der Waals surface area contributed by atoms with Crippen LogP contribution in [0, 0.1) is 5.41 Å². The van der Waals surface area contributed by atoms with Crippen LogP contribution in [0.5, 0.6) is 11.5 Å². The van der Waals surface area contributed by atoms with Gasteiger partial charge in [-0.15, -0.1) is 0 Å². The summed E-state index contributed by atoms with van der Waals surface area (Å²) in [4.78, 5) is 16.9. The number of nitrogens with zero attached hydrogens (tertiary/aromatic N) is 4. The van der Waals surface area contributed by atoms with Gasteiger partial charge in [0.25, 0.3) is 5.91 Å². The lowest BCUT2D eigenvalue weighted by atomic mass is 10.1. The molecule has 0 saturated carbocycles. The molecule has 2 aliphatic heterocycles. The maximum Gasteiger partial charge on any atom is 0.283 e. The van der Waals surface area contributed by atoms with E-state index in [9.17, 15) is 4.79 Å². The van der Waals surface area contributed by atoms with Crippen LogP contribution >= 0.6 is 23.4 Å². The first-order valence-corrected chi connectivity index (χ1v) is 11.2. The molecule has 0 spiro atoms. The van der Waals surface area contributed by atoms with Crippen LogP contribution in [0.3, 0.4) is 0 Å². The summed E-state index contributed by atoms with van der Waals surface area (Å²) in [6.45, 7) is 2.11. The van der Waals surface area contributed by atoms with E-state index in [2.05, 4.69) is 17.0 Å². The first kappa shape index (κ1) is 22.2. The van der Waals surface area contributed by atoms with Crippen molar-refractivity contribution < 1.29 is 14.3 Å². The van der Waals surface area contributed by atoms with Gasteiger partial charge >= 0.3 is 0 Å². The highest BCUT2D eigenvalue weighted by atomic mass is 35.5. The van der Waals surface area contributed by atoms with E-state index in [1.807, 2.05) is 22.9 Å². The Morgan fingerprint density at radius 2 is 2.03 bits per heavy atom. The second-order valence-electron chi connectivity index (χ2n) is 7.08. The summed E-state index contributed by atoms with van der Waals surface area (Å²) in [5, 5.41) is 16.2. The van der Waals surface area contributed by atoms with Crippen molar-refractivity contribution >= 4 is 51.4 Å². The minimum Gasteiger partial charge on any atom is -0.495 e. The van der Waals surface area contributed by atoms with Crippen molar-refractivity contribution in [1.82, 2.24) is 9.58 Å². The first-order valence-electron chi connectivity index (χ1n) is 10.0. The van der Waals surface area contributed by atoms with Gasteiger partial charge in [-0.05, 0) is 48.9 Å². The largest absolute Gasteiger partial charge is 0.495 e. The third kappa shape index (κ3) is 4.05. The summed E-state index contributed by atoms with van der Waals surface area (Å²) < 4.78 is 12.6. The molecule has 0 fully saturated rings. The average molecular weight is 472 g/mol. The normalized spacial score (nSPS) is 16.9. The predicted molar refractivity (Wildman–Crippen MR) is 128 cm³/mol. The van der Waals surface area contributed by atoms with Crippen molar-refractivity contribution in [3.63, 3.8) is 0 Å². The number of amides is 1. The SMILES string of the molecule is CCCCC1=NN2C(=N)/C(=C/c3cccn3-c3cc(Cl)c(OC)cc3OC)C(=O)N=C2S1. The molecule has 32 heavy (non-hydrogen) atoms. The van der Waals surface area contributed by atoms with Crippen molar-refractivity contribution in [2.75, 3.05) is 14.2 Å². The highest BCUT2D eigenvalue weighted by Crippen LogP contribution is 2.36. The predicted octanol–water partition coefficient (Wildman–Crippen LogP) is 4.96. The van der Waals surface area contributed by atoms with Gasteiger partial charge in [-0.3, -0.25) is 10.2 Å². The van der Waals surface area contributed by atoms with Crippen LogP contribution in [0.25, 0.3) is 11.8 Å². The molecule has 2 aliphatic rings. The number of aliphatic imine (C=N–C) groups is 1. The van der Waals surface area contributed by atoms with E-state index in [0.29, 0.717) is 33.1 Å². The number of hydrogen-bond acceptors (Lipinski definition) is 6. The third-order valence-electron chi connectivity index (χ3n) is 5.03. The number of hydrazone groups is 1. The fraction of sp³-hybridized carbons (Fsp3) is 0.273. The van der Waals surface area contributed by atoms with Crippen LogP contribution in [-0.4, -0.2) is 45.7 Å². The average Bonchev–Trinajstić information content (AvgIpc) is 3.41. The monoisotopic (exact) mass is 471 g/mol. The van der Waals surface area contributed by atoms with Crippen molar-refractivity contribution in [1.29, 1.82) is 5.41 Å². The van der Waals surface area contributed by atoms with Crippen LogP contribution in [0.1, 0.15) is 31.9 Å². The van der Waals surface area contributed by atoms with Gasteiger partial charge in [0.1, 0.15) is 16.5 Å². The summed E-state index contributed by atoms with van der Waals surface area (Å²) in [5.41, 5.74) is 1.50. The van der Waals surface area contributed by atoms with E-state index < -0.39 is 5.91 Å². The Morgan fingerprint density at radius 3 is 2.75 bits per heavy atom. The van der Waals surface area contributed by atoms with Gasteiger partial charge in [-0.25, -0.2) is 0 Å². The third-order valence-corrected chi connectivity index (χ3v) is 6.29. The Bertz CT molecular complexity index is 1180. The minimum absolute atomic E-state index is 0.00600. The van der Waals surface area contributed by atoms with Crippen molar-refractivity contribution in [3.8, 4) is 17.2 Å². The van der Waals surface area contributed by atoms with E-state index in [4.69, 9.17) is 26.5 Å². The van der Waals surface area contributed by atoms with E-state index in [1.54, 1.807) is 25.3 Å². The number of fused-ring (bicyclic) bond motifs is 1. The van der Waals surface area contributed by atoms with Gasteiger partial charge in [0, 0.05) is 18.0 Å². The van der Waals surface area contributed by atoms with Crippen LogP contribution < -0.4 is 9.47 Å². The number of ether oxygens (including phenoxy) is 2. The van der Waals surface area contributed by atoms with Crippen molar-refractivity contribution in [2.24, 2.45) is 10.1 Å². The summed E-state index contributed by atoms with van der Waals surface area (Å²) in [6, 6.07) is 7.10. The molecular weight excluding hydrogens is 450 g/mol. The fourth-order valence-corrected chi connectivity index (χ4v) is 4.53. The number of methoxy groups -OCH3 is 2. The summed E-state index contributed by atoms with van der Waals surface area (Å²) in [6.07, 6.45) is 6.30. The Kier molecular flexibility index (Phi) is 6.38. The maximum absolute atomic E-state index is 12.7. The van der Waals surface area contributed by atoms with E-state index >= 15 is 0 Å². The Morgan fingerprint density at radius 1 is 1.25 bits per heavy atom. The zero-order valence-electron chi connectivity index (χ0n) is 17.9. The molecule has 1 N–H and O–H groups in total. The highest BCUT2D eigenvalue weighted by molar-refractivity contribution is 8.26. The lowest BCUT2D eigenvalue weighted by Gasteiger charge is -2.20. The number of unbranched alkanes of at least 4 members (excludes halogenated alkanes) is 1. The number of carbonyl (C=O) groups excluding carboxylic acids is 1. The number of rotatable bonds is 7.